The average Bonchev–Trinajstić information content (AvgIpc) is 2.53. The van der Waals surface area contributed by atoms with Crippen LogP contribution in [-0.2, 0) is 14.8 Å². The molecule has 0 N–H and O–H groups in total. The van der Waals surface area contributed by atoms with Crippen LogP contribution in [0.3, 0.4) is 0 Å². The topological polar surface area (TPSA) is 57.7 Å². The SMILES string of the molecule is CCS(=O)(=O)N1CCN(C(=O)CC23CC4CC(CC(C4)C2)C3)CC1. The van der Waals surface area contributed by atoms with E-state index in [9.17, 15) is 13.2 Å². The normalized spacial score (nSPS) is 39.4. The highest BCUT2D eigenvalue weighted by molar-refractivity contribution is 7.89. The van der Waals surface area contributed by atoms with Gasteiger partial charge in [0.25, 0.3) is 0 Å². The van der Waals surface area contributed by atoms with Gasteiger partial charge in [0.15, 0.2) is 0 Å². The lowest BCUT2D eigenvalue weighted by molar-refractivity contribution is -0.140. The summed E-state index contributed by atoms with van der Waals surface area (Å²) in [6, 6.07) is 0. The molecule has 1 saturated heterocycles. The van der Waals surface area contributed by atoms with Gasteiger partial charge in [-0.05, 0) is 68.6 Å². The predicted molar refractivity (Wildman–Crippen MR) is 92.8 cm³/mol. The lowest BCUT2D eigenvalue weighted by Gasteiger charge is -2.57. The van der Waals surface area contributed by atoms with Gasteiger partial charge in [-0.1, -0.05) is 0 Å². The van der Waals surface area contributed by atoms with Gasteiger partial charge in [-0.2, -0.15) is 4.31 Å². The van der Waals surface area contributed by atoms with E-state index in [2.05, 4.69) is 0 Å². The third-order valence-electron chi connectivity index (χ3n) is 7.04. The molecule has 4 bridgehead atoms. The number of piperazine rings is 1. The predicted octanol–water partition coefficient (Wildman–Crippen LogP) is 2.09. The van der Waals surface area contributed by atoms with Crippen LogP contribution in [0.15, 0.2) is 0 Å². The fourth-order valence-electron chi connectivity index (χ4n) is 6.34. The van der Waals surface area contributed by atoms with Crippen molar-refractivity contribution in [2.45, 2.75) is 51.9 Å². The third-order valence-corrected chi connectivity index (χ3v) is 8.92. The van der Waals surface area contributed by atoms with E-state index in [0.29, 0.717) is 32.6 Å². The van der Waals surface area contributed by atoms with Crippen molar-refractivity contribution in [1.29, 1.82) is 0 Å². The van der Waals surface area contributed by atoms with Gasteiger partial charge in [0, 0.05) is 32.6 Å². The minimum Gasteiger partial charge on any atom is -0.340 e. The molecule has 0 spiro atoms. The molecule has 0 aromatic rings. The van der Waals surface area contributed by atoms with Crippen molar-refractivity contribution in [3.63, 3.8) is 0 Å². The number of sulfonamides is 1. The molecule has 0 unspecified atom stereocenters. The Balaban J connectivity index is 1.36. The van der Waals surface area contributed by atoms with Gasteiger partial charge in [-0.25, -0.2) is 8.42 Å². The maximum Gasteiger partial charge on any atom is 0.223 e. The molecule has 24 heavy (non-hydrogen) atoms. The van der Waals surface area contributed by atoms with Gasteiger partial charge in [-0.15, -0.1) is 0 Å². The number of carbonyl (C=O) groups excluding carboxylic acids is 1. The second kappa shape index (κ2) is 5.97. The van der Waals surface area contributed by atoms with Crippen LogP contribution >= 0.6 is 0 Å². The van der Waals surface area contributed by atoms with Crippen molar-refractivity contribution in [1.82, 2.24) is 9.21 Å². The molecular formula is C18H30N2O3S. The van der Waals surface area contributed by atoms with Crippen molar-refractivity contribution in [3.8, 4) is 0 Å². The summed E-state index contributed by atoms with van der Waals surface area (Å²) in [7, 11) is -3.12. The molecule has 0 atom stereocenters. The van der Waals surface area contributed by atoms with E-state index in [1.54, 1.807) is 11.2 Å². The van der Waals surface area contributed by atoms with Crippen molar-refractivity contribution >= 4 is 15.9 Å². The molecule has 4 aliphatic carbocycles. The Morgan fingerprint density at radius 3 is 1.92 bits per heavy atom. The van der Waals surface area contributed by atoms with Gasteiger partial charge < -0.3 is 4.90 Å². The highest BCUT2D eigenvalue weighted by atomic mass is 32.2. The van der Waals surface area contributed by atoms with Crippen LogP contribution in [0.2, 0.25) is 0 Å². The van der Waals surface area contributed by atoms with Gasteiger partial charge in [0.1, 0.15) is 0 Å². The van der Waals surface area contributed by atoms with Crippen LogP contribution in [0, 0.1) is 23.2 Å². The molecule has 1 heterocycles. The van der Waals surface area contributed by atoms with Crippen molar-refractivity contribution < 1.29 is 13.2 Å². The molecule has 5 aliphatic rings. The summed E-state index contributed by atoms with van der Waals surface area (Å²) in [5.41, 5.74) is 0.276. The van der Waals surface area contributed by atoms with E-state index >= 15 is 0 Å². The monoisotopic (exact) mass is 354 g/mol. The Bertz CT molecular complexity index is 572. The number of hydrogen-bond acceptors (Lipinski definition) is 3. The molecule has 5 fully saturated rings. The summed E-state index contributed by atoms with van der Waals surface area (Å²) in [4.78, 5) is 14.8. The zero-order valence-corrected chi connectivity index (χ0v) is 15.6. The Hall–Kier alpha value is -0.620. The second-order valence-corrected chi connectivity index (χ2v) is 11.0. The minimum absolute atomic E-state index is 0.147. The van der Waals surface area contributed by atoms with Crippen LogP contribution in [-0.4, -0.2) is 55.5 Å². The van der Waals surface area contributed by atoms with E-state index in [1.807, 2.05) is 4.90 Å². The Morgan fingerprint density at radius 2 is 1.46 bits per heavy atom. The first-order chi connectivity index (χ1) is 11.4. The maximum absolute atomic E-state index is 12.9. The molecule has 5 nitrogen and oxygen atoms in total. The third kappa shape index (κ3) is 3.00. The summed E-state index contributed by atoms with van der Waals surface area (Å²) in [5.74, 6) is 3.03. The molecule has 1 aliphatic heterocycles. The Morgan fingerprint density at radius 1 is 0.958 bits per heavy atom. The quantitative estimate of drug-likeness (QED) is 0.777. The van der Waals surface area contributed by atoms with Crippen LogP contribution in [0.1, 0.15) is 51.9 Å². The van der Waals surface area contributed by atoms with E-state index < -0.39 is 10.0 Å². The van der Waals surface area contributed by atoms with Crippen LogP contribution < -0.4 is 0 Å². The zero-order chi connectivity index (χ0) is 16.9. The zero-order valence-electron chi connectivity index (χ0n) is 14.7. The summed E-state index contributed by atoms with van der Waals surface area (Å²) in [6.07, 6.45) is 8.69. The molecule has 0 aromatic carbocycles. The Kier molecular flexibility index (Phi) is 4.19. The fraction of sp³-hybridized carbons (Fsp3) is 0.944. The van der Waals surface area contributed by atoms with E-state index in [0.717, 1.165) is 17.8 Å². The highest BCUT2D eigenvalue weighted by Gasteiger charge is 2.51. The molecule has 4 saturated carbocycles. The largest absolute Gasteiger partial charge is 0.340 e. The second-order valence-electron chi connectivity index (χ2n) is 8.77. The first kappa shape index (κ1) is 16.8. The van der Waals surface area contributed by atoms with Crippen LogP contribution in [0.4, 0.5) is 0 Å². The molecular weight excluding hydrogens is 324 g/mol. The van der Waals surface area contributed by atoms with Gasteiger partial charge >= 0.3 is 0 Å². The fourth-order valence-corrected chi connectivity index (χ4v) is 7.42. The highest BCUT2D eigenvalue weighted by Crippen LogP contribution is 2.61. The van der Waals surface area contributed by atoms with E-state index in [1.165, 1.54) is 38.5 Å². The van der Waals surface area contributed by atoms with Crippen molar-refractivity contribution in [2.24, 2.45) is 23.2 Å². The van der Waals surface area contributed by atoms with Gasteiger partial charge in [-0.3, -0.25) is 4.79 Å². The summed E-state index contributed by atoms with van der Waals surface area (Å²) < 4.78 is 25.4. The number of rotatable bonds is 4. The van der Waals surface area contributed by atoms with Gasteiger partial charge in [0.2, 0.25) is 15.9 Å². The summed E-state index contributed by atoms with van der Waals surface area (Å²) in [5, 5.41) is 0. The lowest BCUT2D eigenvalue weighted by Crippen LogP contribution is -2.53. The van der Waals surface area contributed by atoms with Crippen LogP contribution in [0.25, 0.3) is 0 Å². The molecule has 6 heteroatoms. The molecule has 1 amide bonds. The standard InChI is InChI=1S/C18H30N2O3S/c1-2-24(22,23)20-5-3-19(4-6-20)17(21)13-18-10-14-7-15(11-18)9-16(8-14)12-18/h14-16H,2-13H2,1H3. The molecule has 5 rings (SSSR count). The summed E-state index contributed by atoms with van der Waals surface area (Å²) in [6.45, 7) is 3.72. The summed E-state index contributed by atoms with van der Waals surface area (Å²) >= 11 is 0. The van der Waals surface area contributed by atoms with E-state index in [4.69, 9.17) is 0 Å². The van der Waals surface area contributed by atoms with Crippen LogP contribution in [0.5, 0.6) is 0 Å². The Labute approximate surface area is 145 Å². The average molecular weight is 355 g/mol. The smallest absolute Gasteiger partial charge is 0.223 e. The first-order valence-electron chi connectivity index (χ1n) is 9.65. The number of hydrogen-bond donors (Lipinski definition) is 0. The number of nitrogens with zero attached hydrogens (tertiary/aromatic N) is 2. The number of carbonyl (C=O) groups is 1. The molecule has 0 radical (unpaired) electrons. The van der Waals surface area contributed by atoms with Crippen molar-refractivity contribution in [2.75, 3.05) is 31.9 Å². The van der Waals surface area contributed by atoms with Gasteiger partial charge in [0.05, 0.1) is 5.75 Å². The minimum atomic E-state index is -3.12. The molecule has 136 valence electrons. The molecule has 0 aromatic heterocycles. The first-order valence-corrected chi connectivity index (χ1v) is 11.3. The maximum atomic E-state index is 12.9. The van der Waals surface area contributed by atoms with Crippen molar-refractivity contribution in [3.05, 3.63) is 0 Å². The number of amides is 1. The van der Waals surface area contributed by atoms with E-state index in [-0.39, 0.29) is 17.1 Å². The lowest BCUT2D eigenvalue weighted by atomic mass is 9.49.